The Morgan fingerprint density at radius 1 is 0.971 bits per heavy atom. The van der Waals surface area contributed by atoms with Crippen LogP contribution in [0.3, 0.4) is 0 Å². The minimum Gasteiger partial charge on any atom is -0.504 e. The van der Waals surface area contributed by atoms with Gasteiger partial charge in [-0.3, -0.25) is 0 Å². The van der Waals surface area contributed by atoms with Crippen LogP contribution in [0.15, 0.2) is 50.7 Å². The minimum atomic E-state index is -0.705. The molecule has 188 valence electrons. The summed E-state index contributed by atoms with van der Waals surface area (Å²) in [5, 5.41) is 11.1. The summed E-state index contributed by atoms with van der Waals surface area (Å²) in [6.45, 7) is 9.16. The SMILES string of the molecule is CCCCCCCCCCOc1cccc2c(O)c(OCC=C(C)CCC=C(C)C)c(=O)oc12. The van der Waals surface area contributed by atoms with Crippen molar-refractivity contribution in [3.05, 3.63) is 51.9 Å². The second-order valence-electron chi connectivity index (χ2n) is 9.21. The normalized spacial score (nSPS) is 11.6. The van der Waals surface area contributed by atoms with E-state index in [4.69, 9.17) is 13.9 Å². The van der Waals surface area contributed by atoms with Gasteiger partial charge in [0.15, 0.2) is 17.1 Å². The second kappa shape index (κ2) is 15.3. The molecule has 1 aromatic carbocycles. The van der Waals surface area contributed by atoms with E-state index in [2.05, 4.69) is 26.8 Å². The number of hydrogen-bond donors (Lipinski definition) is 1. The Kier molecular flexibility index (Phi) is 12.4. The monoisotopic (exact) mass is 470 g/mol. The van der Waals surface area contributed by atoms with Crippen molar-refractivity contribution in [1.29, 1.82) is 0 Å². The summed E-state index contributed by atoms with van der Waals surface area (Å²) < 4.78 is 17.0. The maximum atomic E-state index is 12.5. The highest BCUT2D eigenvalue weighted by molar-refractivity contribution is 5.89. The minimum absolute atomic E-state index is 0.166. The molecule has 2 rings (SSSR count). The Hall–Kier alpha value is -2.69. The average molecular weight is 471 g/mol. The van der Waals surface area contributed by atoms with E-state index in [0.717, 1.165) is 25.7 Å². The molecule has 0 aliphatic carbocycles. The van der Waals surface area contributed by atoms with Crippen LogP contribution in [0.25, 0.3) is 11.0 Å². The smallest absolute Gasteiger partial charge is 0.383 e. The van der Waals surface area contributed by atoms with Crippen LogP contribution < -0.4 is 15.1 Å². The molecule has 0 radical (unpaired) electrons. The summed E-state index contributed by atoms with van der Waals surface area (Å²) >= 11 is 0. The van der Waals surface area contributed by atoms with Crippen LogP contribution in [0.5, 0.6) is 17.2 Å². The molecule has 0 aliphatic heterocycles. The topological polar surface area (TPSA) is 68.9 Å². The van der Waals surface area contributed by atoms with Gasteiger partial charge in [0.05, 0.1) is 12.0 Å². The van der Waals surface area contributed by atoms with Crippen molar-refractivity contribution in [3.63, 3.8) is 0 Å². The first-order chi connectivity index (χ1) is 16.4. The molecule has 0 fully saturated rings. The van der Waals surface area contributed by atoms with E-state index in [0.29, 0.717) is 17.7 Å². The van der Waals surface area contributed by atoms with Gasteiger partial charge in [0.25, 0.3) is 0 Å². The van der Waals surface area contributed by atoms with Gasteiger partial charge in [-0.25, -0.2) is 4.79 Å². The number of fused-ring (bicyclic) bond motifs is 1. The van der Waals surface area contributed by atoms with Gasteiger partial charge in [-0.1, -0.05) is 75.2 Å². The largest absolute Gasteiger partial charge is 0.504 e. The molecule has 0 saturated carbocycles. The van der Waals surface area contributed by atoms with Gasteiger partial charge in [-0.2, -0.15) is 0 Å². The molecule has 1 N–H and O–H groups in total. The van der Waals surface area contributed by atoms with Crippen molar-refractivity contribution in [2.75, 3.05) is 13.2 Å². The average Bonchev–Trinajstić information content (AvgIpc) is 2.80. The first-order valence-electron chi connectivity index (χ1n) is 12.8. The summed E-state index contributed by atoms with van der Waals surface area (Å²) in [5.74, 6) is 0.0925. The van der Waals surface area contributed by atoms with Crippen molar-refractivity contribution in [3.8, 4) is 17.2 Å². The van der Waals surface area contributed by atoms with Crippen LogP contribution in [0.2, 0.25) is 0 Å². The van der Waals surface area contributed by atoms with Crippen molar-refractivity contribution in [2.24, 2.45) is 0 Å². The maximum Gasteiger partial charge on any atom is 0.383 e. The van der Waals surface area contributed by atoms with Crippen LogP contribution >= 0.6 is 0 Å². The molecule has 0 bridgehead atoms. The van der Waals surface area contributed by atoms with Crippen LogP contribution in [0.1, 0.15) is 91.9 Å². The molecule has 34 heavy (non-hydrogen) atoms. The highest BCUT2D eigenvalue weighted by Gasteiger charge is 2.18. The number of unbranched alkanes of at least 4 members (excludes halogenated alkanes) is 7. The molecule has 5 heteroatoms. The van der Waals surface area contributed by atoms with E-state index in [9.17, 15) is 9.90 Å². The van der Waals surface area contributed by atoms with Gasteiger partial charge in [0.1, 0.15) is 6.61 Å². The molecule has 0 spiro atoms. The molecule has 0 atom stereocenters. The predicted octanol–water partition coefficient (Wildman–Crippen LogP) is 8.09. The van der Waals surface area contributed by atoms with Crippen molar-refractivity contribution in [2.45, 2.75) is 91.9 Å². The summed E-state index contributed by atoms with van der Waals surface area (Å²) in [4.78, 5) is 12.5. The fourth-order valence-electron chi connectivity index (χ4n) is 3.78. The third kappa shape index (κ3) is 9.28. The van der Waals surface area contributed by atoms with Gasteiger partial charge >= 0.3 is 5.63 Å². The van der Waals surface area contributed by atoms with E-state index in [1.54, 1.807) is 18.2 Å². The van der Waals surface area contributed by atoms with E-state index >= 15 is 0 Å². The quantitative estimate of drug-likeness (QED) is 0.152. The van der Waals surface area contributed by atoms with E-state index in [-0.39, 0.29) is 23.7 Å². The predicted molar refractivity (Wildman–Crippen MR) is 140 cm³/mol. The number of ether oxygens (including phenoxy) is 2. The Morgan fingerprint density at radius 3 is 2.38 bits per heavy atom. The highest BCUT2D eigenvalue weighted by atomic mass is 16.5. The van der Waals surface area contributed by atoms with Gasteiger partial charge in [0.2, 0.25) is 5.75 Å². The number of rotatable bonds is 16. The first kappa shape index (κ1) is 27.6. The summed E-state index contributed by atoms with van der Waals surface area (Å²) in [7, 11) is 0. The van der Waals surface area contributed by atoms with E-state index < -0.39 is 5.63 Å². The molecule has 5 nitrogen and oxygen atoms in total. The lowest BCUT2D eigenvalue weighted by Crippen LogP contribution is -2.08. The fraction of sp³-hybridized carbons (Fsp3) is 0.552. The van der Waals surface area contributed by atoms with Crippen molar-refractivity contribution >= 4 is 11.0 Å². The number of allylic oxidation sites excluding steroid dienone is 3. The molecular weight excluding hydrogens is 428 g/mol. The van der Waals surface area contributed by atoms with Gasteiger partial charge in [-0.05, 0) is 58.2 Å². The van der Waals surface area contributed by atoms with Crippen LogP contribution in [0, 0.1) is 0 Å². The van der Waals surface area contributed by atoms with Gasteiger partial charge < -0.3 is 19.0 Å². The Morgan fingerprint density at radius 2 is 1.68 bits per heavy atom. The lowest BCUT2D eigenvalue weighted by molar-refractivity contribution is 0.296. The van der Waals surface area contributed by atoms with Gasteiger partial charge in [0, 0.05) is 0 Å². The highest BCUT2D eigenvalue weighted by Crippen LogP contribution is 2.35. The summed E-state index contributed by atoms with van der Waals surface area (Å²) in [5.41, 5.74) is 2.01. The second-order valence-corrected chi connectivity index (χ2v) is 9.21. The molecule has 1 aromatic heterocycles. The summed E-state index contributed by atoms with van der Waals surface area (Å²) in [6.07, 6.45) is 15.8. The zero-order chi connectivity index (χ0) is 24.8. The maximum absolute atomic E-state index is 12.5. The fourth-order valence-corrected chi connectivity index (χ4v) is 3.78. The Labute approximate surface area is 204 Å². The standard InChI is InChI=1S/C29H42O5/c1-5-6-7-8-9-10-11-12-20-32-25-18-14-17-24-26(30)28(29(31)34-27(24)25)33-21-19-23(4)16-13-15-22(2)3/h14-15,17-19,30H,5-13,16,20-21H2,1-4H3. The number of benzene rings is 1. The van der Waals surface area contributed by atoms with Crippen molar-refractivity contribution < 1.29 is 19.0 Å². The van der Waals surface area contributed by atoms with Crippen LogP contribution in [0.4, 0.5) is 0 Å². The van der Waals surface area contributed by atoms with Crippen LogP contribution in [-0.4, -0.2) is 18.3 Å². The van der Waals surface area contributed by atoms with Crippen LogP contribution in [-0.2, 0) is 0 Å². The lowest BCUT2D eigenvalue weighted by atomic mass is 10.1. The van der Waals surface area contributed by atoms with Crippen molar-refractivity contribution in [1.82, 2.24) is 0 Å². The van der Waals surface area contributed by atoms with E-state index in [1.165, 1.54) is 49.7 Å². The molecule has 2 aromatic rings. The molecule has 0 saturated heterocycles. The number of hydrogen-bond acceptors (Lipinski definition) is 5. The van der Waals surface area contributed by atoms with Gasteiger partial charge in [-0.15, -0.1) is 0 Å². The molecule has 1 heterocycles. The zero-order valence-corrected chi connectivity index (χ0v) is 21.5. The molecular formula is C29H42O5. The summed E-state index contributed by atoms with van der Waals surface area (Å²) in [6, 6.07) is 5.24. The third-order valence-electron chi connectivity index (χ3n) is 5.84. The van der Waals surface area contributed by atoms with E-state index in [1.807, 2.05) is 13.0 Å². The number of aromatic hydroxyl groups is 1. The first-order valence-corrected chi connectivity index (χ1v) is 12.8. The zero-order valence-electron chi connectivity index (χ0n) is 21.5. The third-order valence-corrected chi connectivity index (χ3v) is 5.84. The number of para-hydroxylation sites is 1. The molecule has 0 amide bonds. The Balaban J connectivity index is 1.93. The molecule has 0 aliphatic rings. The lowest BCUT2D eigenvalue weighted by Gasteiger charge is -2.11. The Bertz CT molecular complexity index is 995. The molecule has 0 unspecified atom stereocenters.